The van der Waals surface area contributed by atoms with Gasteiger partial charge >= 0.3 is 0 Å². The Morgan fingerprint density at radius 1 is 1.47 bits per heavy atom. The summed E-state index contributed by atoms with van der Waals surface area (Å²) in [5.41, 5.74) is 1.52. The van der Waals surface area contributed by atoms with E-state index in [1.165, 1.54) is 0 Å². The van der Waals surface area contributed by atoms with Gasteiger partial charge in [0.1, 0.15) is 0 Å². The molecular formula is C11H11Cl2NO. The minimum atomic E-state index is -0.0540. The molecule has 0 bridgehead atoms. The normalized spacial score (nSPS) is 19.7. The lowest BCUT2D eigenvalue weighted by Crippen LogP contribution is -2.41. The van der Waals surface area contributed by atoms with Gasteiger partial charge in [-0.2, -0.15) is 0 Å². The molecule has 80 valence electrons. The highest BCUT2D eigenvalue weighted by Gasteiger charge is 2.25. The maximum absolute atomic E-state index is 11.7. The smallest absolute Gasteiger partial charge is 0.251 e. The molecule has 0 aromatic heterocycles. The number of carbonyl (C=O) groups excluding carboxylic acids is 1. The number of hydrogen-bond acceptors (Lipinski definition) is 1. The molecule has 0 saturated heterocycles. The summed E-state index contributed by atoms with van der Waals surface area (Å²) in [6.45, 7) is 2.04. The topological polar surface area (TPSA) is 29.1 Å². The van der Waals surface area contributed by atoms with Crippen LogP contribution in [0.1, 0.15) is 29.3 Å². The number of rotatable bonds is 1. The second kappa shape index (κ2) is 4.03. The second-order valence-electron chi connectivity index (χ2n) is 3.67. The first-order valence-electron chi connectivity index (χ1n) is 4.91. The highest BCUT2D eigenvalue weighted by molar-refractivity contribution is 6.42. The Labute approximate surface area is 98.6 Å². The minimum absolute atomic E-state index is 0.0540. The average Bonchev–Trinajstić information content (AvgIpc) is 2.23. The van der Waals surface area contributed by atoms with Crippen molar-refractivity contribution in [2.45, 2.75) is 25.8 Å². The fourth-order valence-corrected chi connectivity index (χ4v) is 2.23. The lowest BCUT2D eigenvalue weighted by atomic mass is 9.94. The molecule has 1 heterocycles. The van der Waals surface area contributed by atoms with Crippen LogP contribution in [0.3, 0.4) is 0 Å². The Hall–Kier alpha value is -0.730. The van der Waals surface area contributed by atoms with Crippen LogP contribution in [0.15, 0.2) is 12.1 Å². The third-order valence-electron chi connectivity index (χ3n) is 2.72. The van der Waals surface area contributed by atoms with Crippen molar-refractivity contribution in [2.24, 2.45) is 0 Å². The van der Waals surface area contributed by atoms with E-state index < -0.39 is 0 Å². The summed E-state index contributed by atoms with van der Waals surface area (Å²) < 4.78 is 0. The summed E-state index contributed by atoms with van der Waals surface area (Å²) in [6.07, 6.45) is 1.66. The number of hydrogen-bond donors (Lipinski definition) is 1. The predicted octanol–water partition coefficient (Wildman–Crippen LogP) is 3.06. The van der Waals surface area contributed by atoms with Gasteiger partial charge in [0.15, 0.2) is 0 Å². The van der Waals surface area contributed by atoms with Gasteiger partial charge < -0.3 is 5.32 Å². The van der Waals surface area contributed by atoms with Crippen LogP contribution < -0.4 is 5.32 Å². The lowest BCUT2D eigenvalue weighted by Gasteiger charge is -2.25. The molecule has 0 fully saturated rings. The van der Waals surface area contributed by atoms with E-state index in [9.17, 15) is 4.79 Å². The number of carbonyl (C=O) groups is 1. The summed E-state index contributed by atoms with van der Waals surface area (Å²) in [7, 11) is 0. The van der Waals surface area contributed by atoms with Crippen LogP contribution in [-0.4, -0.2) is 11.9 Å². The van der Waals surface area contributed by atoms with Gasteiger partial charge in [-0.15, -0.1) is 0 Å². The summed E-state index contributed by atoms with van der Waals surface area (Å²) in [5.74, 6) is -0.0540. The first-order valence-corrected chi connectivity index (χ1v) is 5.66. The molecule has 1 aromatic rings. The number of halogens is 2. The molecule has 1 atom stereocenters. The van der Waals surface area contributed by atoms with Crippen LogP contribution in [0.4, 0.5) is 0 Å². The van der Waals surface area contributed by atoms with Crippen molar-refractivity contribution in [1.29, 1.82) is 0 Å². The van der Waals surface area contributed by atoms with Gasteiger partial charge in [-0.1, -0.05) is 30.1 Å². The van der Waals surface area contributed by atoms with Gasteiger partial charge in [0.05, 0.1) is 10.0 Å². The monoisotopic (exact) mass is 243 g/mol. The van der Waals surface area contributed by atoms with Crippen molar-refractivity contribution in [3.8, 4) is 0 Å². The summed E-state index contributed by atoms with van der Waals surface area (Å²) in [5, 5.41) is 3.96. The predicted molar refractivity (Wildman–Crippen MR) is 61.7 cm³/mol. The van der Waals surface area contributed by atoms with Crippen molar-refractivity contribution in [3.05, 3.63) is 33.3 Å². The van der Waals surface area contributed by atoms with Crippen LogP contribution in [0.2, 0.25) is 10.0 Å². The van der Waals surface area contributed by atoms with Gasteiger partial charge in [-0.25, -0.2) is 0 Å². The molecule has 0 spiro atoms. The fourth-order valence-electron chi connectivity index (χ4n) is 1.81. The number of fused-ring (bicyclic) bond motifs is 1. The van der Waals surface area contributed by atoms with E-state index in [2.05, 4.69) is 5.32 Å². The highest BCUT2D eigenvalue weighted by Crippen LogP contribution is 2.31. The van der Waals surface area contributed by atoms with E-state index in [0.717, 1.165) is 18.4 Å². The maximum Gasteiger partial charge on any atom is 0.251 e. The quantitative estimate of drug-likeness (QED) is 0.808. The zero-order chi connectivity index (χ0) is 11.0. The Kier molecular flexibility index (Phi) is 2.89. The Balaban J connectivity index is 2.51. The minimum Gasteiger partial charge on any atom is -0.349 e. The van der Waals surface area contributed by atoms with Gasteiger partial charge in [-0.05, 0) is 30.5 Å². The van der Waals surface area contributed by atoms with E-state index in [4.69, 9.17) is 23.2 Å². The average molecular weight is 244 g/mol. The summed E-state index contributed by atoms with van der Waals surface area (Å²) in [4.78, 5) is 11.7. The molecule has 1 aliphatic heterocycles. The molecule has 1 amide bonds. The van der Waals surface area contributed by atoms with Crippen molar-refractivity contribution < 1.29 is 4.79 Å². The zero-order valence-corrected chi connectivity index (χ0v) is 9.82. The van der Waals surface area contributed by atoms with E-state index in [1.54, 1.807) is 12.1 Å². The third kappa shape index (κ3) is 1.84. The van der Waals surface area contributed by atoms with Crippen LogP contribution in [-0.2, 0) is 6.42 Å². The Bertz CT molecular complexity index is 417. The van der Waals surface area contributed by atoms with Crippen LogP contribution >= 0.6 is 23.2 Å². The molecule has 0 saturated carbocycles. The van der Waals surface area contributed by atoms with Crippen molar-refractivity contribution in [1.82, 2.24) is 5.32 Å². The third-order valence-corrected chi connectivity index (χ3v) is 3.56. The molecule has 1 N–H and O–H groups in total. The van der Waals surface area contributed by atoms with E-state index in [-0.39, 0.29) is 11.9 Å². The molecule has 1 unspecified atom stereocenters. The van der Waals surface area contributed by atoms with Crippen LogP contribution in [0.5, 0.6) is 0 Å². The number of amides is 1. The van der Waals surface area contributed by atoms with Gasteiger partial charge in [-0.3, -0.25) is 4.79 Å². The molecule has 0 aliphatic carbocycles. The first kappa shape index (κ1) is 10.8. The SMILES string of the molecule is CCC1Cc2c(ccc(Cl)c2Cl)C(=O)N1. The van der Waals surface area contributed by atoms with Gasteiger partial charge in [0.2, 0.25) is 0 Å². The number of nitrogens with one attached hydrogen (secondary N) is 1. The largest absolute Gasteiger partial charge is 0.349 e. The molecule has 4 heteroatoms. The van der Waals surface area contributed by atoms with E-state index >= 15 is 0 Å². The molecular weight excluding hydrogens is 233 g/mol. The van der Waals surface area contributed by atoms with Gasteiger partial charge in [0.25, 0.3) is 5.91 Å². The molecule has 2 rings (SSSR count). The molecule has 1 aromatic carbocycles. The standard InChI is InChI=1S/C11H11Cl2NO/c1-2-6-5-8-7(11(15)14-6)3-4-9(12)10(8)13/h3-4,6H,2,5H2,1H3,(H,14,15). The molecule has 2 nitrogen and oxygen atoms in total. The Morgan fingerprint density at radius 2 is 2.20 bits per heavy atom. The van der Waals surface area contributed by atoms with Crippen molar-refractivity contribution in [3.63, 3.8) is 0 Å². The van der Waals surface area contributed by atoms with Crippen molar-refractivity contribution in [2.75, 3.05) is 0 Å². The summed E-state index contributed by atoms with van der Waals surface area (Å²) >= 11 is 12.0. The molecule has 1 aliphatic rings. The lowest BCUT2D eigenvalue weighted by molar-refractivity contribution is 0.0924. The van der Waals surface area contributed by atoms with Crippen LogP contribution in [0, 0.1) is 0 Å². The maximum atomic E-state index is 11.7. The van der Waals surface area contributed by atoms with Crippen molar-refractivity contribution >= 4 is 29.1 Å². The Morgan fingerprint density at radius 3 is 2.87 bits per heavy atom. The summed E-state index contributed by atoms with van der Waals surface area (Å²) in [6, 6.07) is 3.56. The van der Waals surface area contributed by atoms with Crippen LogP contribution in [0.25, 0.3) is 0 Å². The second-order valence-corrected chi connectivity index (χ2v) is 4.46. The van der Waals surface area contributed by atoms with E-state index in [1.807, 2.05) is 6.92 Å². The zero-order valence-electron chi connectivity index (χ0n) is 8.31. The molecule has 15 heavy (non-hydrogen) atoms. The number of benzene rings is 1. The fraction of sp³-hybridized carbons (Fsp3) is 0.364. The first-order chi connectivity index (χ1) is 7.13. The van der Waals surface area contributed by atoms with E-state index in [0.29, 0.717) is 15.6 Å². The molecule has 0 radical (unpaired) electrons. The highest BCUT2D eigenvalue weighted by atomic mass is 35.5. The van der Waals surface area contributed by atoms with Gasteiger partial charge in [0, 0.05) is 11.6 Å².